The summed E-state index contributed by atoms with van der Waals surface area (Å²) in [5.74, 6) is -1.59. The van der Waals surface area contributed by atoms with E-state index >= 15 is 0 Å². The number of ether oxygens (including phenoxy) is 2. The molecule has 0 aliphatic carbocycles. The van der Waals surface area contributed by atoms with E-state index in [-0.39, 0.29) is 11.7 Å². The number of halogens is 2. The van der Waals surface area contributed by atoms with Crippen molar-refractivity contribution in [2.45, 2.75) is 6.61 Å². The van der Waals surface area contributed by atoms with Crippen LogP contribution in [0.15, 0.2) is 30.3 Å². The standard InChI is InChI=1S/C14H14F2N2O2/c1-17-13-11(15)7-12(16)14(18-13)20-10-5-3-4-9(6-10)8-19-2/h3-7H,8H2,1-2H3,(H,17,18). The van der Waals surface area contributed by atoms with Crippen molar-refractivity contribution in [1.82, 2.24) is 4.98 Å². The van der Waals surface area contributed by atoms with Crippen molar-refractivity contribution < 1.29 is 18.3 Å². The lowest BCUT2D eigenvalue weighted by Crippen LogP contribution is -2.01. The Morgan fingerprint density at radius 3 is 2.70 bits per heavy atom. The lowest BCUT2D eigenvalue weighted by atomic mass is 10.2. The highest BCUT2D eigenvalue weighted by molar-refractivity contribution is 5.40. The van der Waals surface area contributed by atoms with Gasteiger partial charge >= 0.3 is 0 Å². The van der Waals surface area contributed by atoms with Gasteiger partial charge in [0, 0.05) is 20.2 Å². The zero-order chi connectivity index (χ0) is 14.5. The van der Waals surface area contributed by atoms with E-state index in [0.717, 1.165) is 11.6 Å². The van der Waals surface area contributed by atoms with Crippen LogP contribution in [0.5, 0.6) is 11.6 Å². The smallest absolute Gasteiger partial charge is 0.258 e. The summed E-state index contributed by atoms with van der Waals surface area (Å²) in [5, 5.41) is 2.53. The Morgan fingerprint density at radius 1 is 1.20 bits per heavy atom. The van der Waals surface area contributed by atoms with Crippen LogP contribution in [0.2, 0.25) is 0 Å². The number of hydrogen-bond donors (Lipinski definition) is 1. The Balaban J connectivity index is 2.27. The molecule has 1 N–H and O–H groups in total. The van der Waals surface area contributed by atoms with Crippen LogP contribution >= 0.6 is 0 Å². The van der Waals surface area contributed by atoms with E-state index < -0.39 is 11.6 Å². The van der Waals surface area contributed by atoms with E-state index in [2.05, 4.69) is 10.3 Å². The van der Waals surface area contributed by atoms with Crippen LogP contribution in [-0.4, -0.2) is 19.1 Å². The summed E-state index contributed by atoms with van der Waals surface area (Å²) in [7, 11) is 3.07. The Bertz CT molecular complexity index is 606. The topological polar surface area (TPSA) is 43.4 Å². The van der Waals surface area contributed by atoms with E-state index in [1.165, 1.54) is 7.05 Å². The number of rotatable bonds is 5. The average molecular weight is 280 g/mol. The Morgan fingerprint density at radius 2 is 2.00 bits per heavy atom. The molecule has 2 rings (SSSR count). The fraction of sp³-hybridized carbons (Fsp3) is 0.214. The molecule has 0 saturated carbocycles. The van der Waals surface area contributed by atoms with Gasteiger partial charge in [-0.15, -0.1) is 0 Å². The maximum atomic E-state index is 13.6. The van der Waals surface area contributed by atoms with Crippen LogP contribution in [0.4, 0.5) is 14.6 Å². The highest BCUT2D eigenvalue weighted by Gasteiger charge is 2.13. The Kier molecular flexibility index (Phi) is 4.47. The fourth-order valence-corrected chi connectivity index (χ4v) is 1.67. The van der Waals surface area contributed by atoms with Crippen LogP contribution in [0.25, 0.3) is 0 Å². The average Bonchev–Trinajstić information content (AvgIpc) is 2.43. The van der Waals surface area contributed by atoms with Crippen molar-refractivity contribution in [2.75, 3.05) is 19.5 Å². The van der Waals surface area contributed by atoms with E-state index in [4.69, 9.17) is 9.47 Å². The molecule has 0 aliphatic heterocycles. The molecule has 2 aromatic rings. The van der Waals surface area contributed by atoms with Crippen molar-refractivity contribution in [3.8, 4) is 11.6 Å². The number of nitrogens with one attached hydrogen (secondary N) is 1. The minimum absolute atomic E-state index is 0.0746. The number of nitrogens with zero attached hydrogens (tertiary/aromatic N) is 1. The van der Waals surface area contributed by atoms with E-state index in [0.29, 0.717) is 12.4 Å². The summed E-state index contributed by atoms with van der Waals surface area (Å²) in [6.07, 6.45) is 0. The largest absolute Gasteiger partial charge is 0.436 e. The molecule has 0 spiro atoms. The first-order chi connectivity index (χ1) is 9.63. The molecule has 4 nitrogen and oxygen atoms in total. The number of methoxy groups -OCH3 is 1. The molecule has 0 unspecified atom stereocenters. The second-order valence-corrected chi connectivity index (χ2v) is 4.04. The second-order valence-electron chi connectivity index (χ2n) is 4.04. The van der Waals surface area contributed by atoms with Gasteiger partial charge in [-0.25, -0.2) is 8.78 Å². The SMILES string of the molecule is CNc1nc(Oc2cccc(COC)c2)c(F)cc1F. The number of hydrogen-bond acceptors (Lipinski definition) is 4. The van der Waals surface area contributed by atoms with E-state index in [9.17, 15) is 8.78 Å². The van der Waals surface area contributed by atoms with Gasteiger partial charge in [0.1, 0.15) is 5.75 Å². The Hall–Kier alpha value is -2.21. The molecule has 0 radical (unpaired) electrons. The van der Waals surface area contributed by atoms with Gasteiger partial charge in [0.05, 0.1) is 6.61 Å². The number of anilines is 1. The van der Waals surface area contributed by atoms with Gasteiger partial charge in [0.2, 0.25) is 0 Å². The Labute approximate surface area is 115 Å². The molecule has 0 amide bonds. The van der Waals surface area contributed by atoms with Gasteiger partial charge < -0.3 is 14.8 Å². The highest BCUT2D eigenvalue weighted by Crippen LogP contribution is 2.26. The highest BCUT2D eigenvalue weighted by atomic mass is 19.1. The molecule has 6 heteroatoms. The fourth-order valence-electron chi connectivity index (χ4n) is 1.67. The number of pyridine rings is 1. The van der Waals surface area contributed by atoms with Crippen molar-refractivity contribution in [3.05, 3.63) is 47.5 Å². The predicted molar refractivity (Wildman–Crippen MR) is 70.9 cm³/mol. The molecule has 0 fully saturated rings. The van der Waals surface area contributed by atoms with Crippen molar-refractivity contribution in [2.24, 2.45) is 0 Å². The molecular weight excluding hydrogens is 266 g/mol. The zero-order valence-corrected chi connectivity index (χ0v) is 11.1. The quantitative estimate of drug-likeness (QED) is 0.912. The number of benzene rings is 1. The lowest BCUT2D eigenvalue weighted by molar-refractivity contribution is 0.184. The minimum atomic E-state index is -0.862. The third-order valence-electron chi connectivity index (χ3n) is 2.56. The van der Waals surface area contributed by atoms with Gasteiger partial charge in [-0.05, 0) is 17.7 Å². The molecule has 0 bridgehead atoms. The maximum absolute atomic E-state index is 13.6. The maximum Gasteiger partial charge on any atom is 0.258 e. The summed E-state index contributed by atoms with van der Waals surface area (Å²) in [6, 6.07) is 7.69. The first-order valence-electron chi connectivity index (χ1n) is 5.93. The molecule has 0 saturated heterocycles. The first-order valence-corrected chi connectivity index (χ1v) is 5.93. The molecule has 0 atom stereocenters. The summed E-state index contributed by atoms with van der Waals surface area (Å²) < 4.78 is 37.3. The number of aromatic nitrogens is 1. The van der Waals surface area contributed by atoms with Gasteiger partial charge in [0.25, 0.3) is 5.88 Å². The molecule has 20 heavy (non-hydrogen) atoms. The molecule has 1 aromatic heterocycles. The monoisotopic (exact) mass is 280 g/mol. The summed E-state index contributed by atoms with van der Waals surface area (Å²) in [4.78, 5) is 3.75. The first kappa shape index (κ1) is 14.2. The predicted octanol–water partition coefficient (Wildman–Crippen LogP) is 3.34. The minimum Gasteiger partial charge on any atom is -0.436 e. The van der Waals surface area contributed by atoms with Crippen molar-refractivity contribution in [1.29, 1.82) is 0 Å². The van der Waals surface area contributed by atoms with Crippen LogP contribution in [0.1, 0.15) is 5.56 Å². The van der Waals surface area contributed by atoms with Gasteiger partial charge in [-0.1, -0.05) is 12.1 Å². The van der Waals surface area contributed by atoms with Crippen LogP contribution in [-0.2, 0) is 11.3 Å². The second kappa shape index (κ2) is 6.29. The van der Waals surface area contributed by atoms with E-state index in [1.807, 2.05) is 6.07 Å². The molecule has 1 heterocycles. The zero-order valence-electron chi connectivity index (χ0n) is 11.1. The van der Waals surface area contributed by atoms with Gasteiger partial charge in [-0.3, -0.25) is 0 Å². The van der Waals surface area contributed by atoms with Crippen molar-refractivity contribution >= 4 is 5.82 Å². The van der Waals surface area contributed by atoms with Crippen LogP contribution < -0.4 is 10.1 Å². The van der Waals surface area contributed by atoms with Gasteiger partial charge in [0.15, 0.2) is 17.5 Å². The molecule has 1 aromatic carbocycles. The van der Waals surface area contributed by atoms with E-state index in [1.54, 1.807) is 25.3 Å². The normalized spacial score (nSPS) is 10.4. The molecule has 0 aliphatic rings. The third kappa shape index (κ3) is 3.21. The summed E-state index contributed by atoms with van der Waals surface area (Å²) in [5.41, 5.74) is 0.876. The van der Waals surface area contributed by atoms with Crippen LogP contribution in [0.3, 0.4) is 0 Å². The van der Waals surface area contributed by atoms with Crippen molar-refractivity contribution in [3.63, 3.8) is 0 Å². The lowest BCUT2D eigenvalue weighted by Gasteiger charge is -2.09. The van der Waals surface area contributed by atoms with Gasteiger partial charge in [-0.2, -0.15) is 4.98 Å². The summed E-state index contributed by atoms with van der Waals surface area (Å²) in [6.45, 7) is 0.415. The third-order valence-corrected chi connectivity index (χ3v) is 2.56. The van der Waals surface area contributed by atoms with Crippen LogP contribution in [0, 0.1) is 11.6 Å². The summed E-state index contributed by atoms with van der Waals surface area (Å²) >= 11 is 0. The molecule has 106 valence electrons. The molecular formula is C14H14F2N2O2.